The van der Waals surface area contributed by atoms with Gasteiger partial charge in [0.2, 0.25) is 0 Å². The summed E-state index contributed by atoms with van der Waals surface area (Å²) in [5, 5.41) is 0. The molecule has 0 N–H and O–H groups in total. The van der Waals surface area contributed by atoms with Crippen molar-refractivity contribution in [3.05, 3.63) is 0 Å². The van der Waals surface area contributed by atoms with Gasteiger partial charge < -0.3 is 9.47 Å². The van der Waals surface area contributed by atoms with E-state index >= 15 is 0 Å². The van der Waals surface area contributed by atoms with Crippen molar-refractivity contribution in [1.82, 2.24) is 0 Å². The van der Waals surface area contributed by atoms with E-state index in [0.717, 1.165) is 0 Å². The van der Waals surface area contributed by atoms with Gasteiger partial charge in [0, 0.05) is 0 Å². The fourth-order valence-electron chi connectivity index (χ4n) is 0.407. The third-order valence-electron chi connectivity index (χ3n) is 0.648. The summed E-state index contributed by atoms with van der Waals surface area (Å²) >= 11 is 5.38. The molecule has 66 valence electrons. The third-order valence-corrected chi connectivity index (χ3v) is 0.737. The van der Waals surface area contributed by atoms with E-state index in [1.807, 2.05) is 0 Å². The minimum Gasteiger partial charge on any atom is -0.429 e. The highest BCUT2D eigenvalue weighted by Gasteiger charge is 2.18. The van der Waals surface area contributed by atoms with Gasteiger partial charge in [-0.15, -0.1) is 0 Å². The zero-order valence-electron chi connectivity index (χ0n) is 7.18. The van der Waals surface area contributed by atoms with Gasteiger partial charge in [0.05, 0.1) is 0 Å². The van der Waals surface area contributed by atoms with Gasteiger partial charge in [-0.1, -0.05) is 11.6 Å². The molecule has 0 radical (unpaired) electrons. The van der Waals surface area contributed by atoms with E-state index in [0.29, 0.717) is 0 Å². The van der Waals surface area contributed by atoms with Crippen LogP contribution in [0.1, 0.15) is 27.7 Å². The summed E-state index contributed by atoms with van der Waals surface area (Å²) in [6, 6.07) is 0. The lowest BCUT2D eigenvalue weighted by molar-refractivity contribution is -0.0107. The van der Waals surface area contributed by atoms with Crippen molar-refractivity contribution in [2.24, 2.45) is 0 Å². The number of carbonyl (C=O) groups excluding carboxylic acids is 1. The molecular weight excluding hydrogens is 168 g/mol. The van der Waals surface area contributed by atoms with Crippen LogP contribution < -0.4 is 0 Å². The van der Waals surface area contributed by atoms with E-state index in [2.05, 4.69) is 4.74 Å². The van der Waals surface area contributed by atoms with E-state index in [1.165, 1.54) is 0 Å². The average Bonchev–Trinajstić information content (AvgIpc) is 1.53. The predicted octanol–water partition coefficient (Wildman–Crippen LogP) is 2.52. The second-order valence-corrected chi connectivity index (χ2v) is 3.74. The van der Waals surface area contributed by atoms with Crippen LogP contribution in [0, 0.1) is 0 Å². The molecule has 11 heavy (non-hydrogen) atoms. The van der Waals surface area contributed by atoms with Crippen LogP contribution in [-0.4, -0.2) is 17.3 Å². The third kappa shape index (κ3) is 7.46. The standard InChI is InChI=1S/C7H13ClO3/c1-5(8)10-6(9)11-7(2,3)4/h5H,1-4H3. The number of ether oxygens (including phenoxy) is 2. The zero-order chi connectivity index (χ0) is 9.07. The Morgan fingerprint density at radius 1 is 1.45 bits per heavy atom. The molecule has 4 heteroatoms. The monoisotopic (exact) mass is 180 g/mol. The van der Waals surface area contributed by atoms with Crippen LogP contribution in [0.15, 0.2) is 0 Å². The Balaban J connectivity index is 3.71. The first-order chi connectivity index (χ1) is 4.81. The van der Waals surface area contributed by atoms with Crippen LogP contribution in [0.3, 0.4) is 0 Å². The molecule has 0 amide bonds. The summed E-state index contributed by atoms with van der Waals surface area (Å²) in [7, 11) is 0. The van der Waals surface area contributed by atoms with Crippen molar-refractivity contribution < 1.29 is 14.3 Å². The van der Waals surface area contributed by atoms with Gasteiger partial charge in [-0.25, -0.2) is 4.79 Å². The van der Waals surface area contributed by atoms with Gasteiger partial charge >= 0.3 is 6.16 Å². The Hall–Kier alpha value is -0.440. The molecular formula is C7H13ClO3. The molecule has 0 aliphatic heterocycles. The summed E-state index contributed by atoms with van der Waals surface area (Å²) in [6.07, 6.45) is -0.736. The van der Waals surface area contributed by atoms with Gasteiger partial charge in [0.15, 0.2) is 5.56 Å². The van der Waals surface area contributed by atoms with Gasteiger partial charge in [0.1, 0.15) is 5.60 Å². The number of alkyl halides is 1. The molecule has 0 bridgehead atoms. The number of rotatable bonds is 1. The van der Waals surface area contributed by atoms with E-state index in [9.17, 15) is 4.79 Å². The minimum absolute atomic E-state index is 0.525. The number of carbonyl (C=O) groups is 1. The molecule has 0 spiro atoms. The summed E-state index contributed by atoms with van der Waals surface area (Å²) in [6.45, 7) is 6.82. The quantitative estimate of drug-likeness (QED) is 0.460. The van der Waals surface area contributed by atoms with Gasteiger partial charge in [0.25, 0.3) is 0 Å². The number of hydrogen-bond acceptors (Lipinski definition) is 3. The van der Waals surface area contributed by atoms with Crippen molar-refractivity contribution in [3.63, 3.8) is 0 Å². The molecule has 0 saturated heterocycles. The molecule has 0 rings (SSSR count). The lowest BCUT2D eigenvalue weighted by Gasteiger charge is -2.19. The van der Waals surface area contributed by atoms with Crippen LogP contribution >= 0.6 is 11.6 Å². The second-order valence-electron chi connectivity index (χ2n) is 3.13. The lowest BCUT2D eigenvalue weighted by Crippen LogP contribution is -2.25. The Labute approximate surface area is 71.6 Å². The van der Waals surface area contributed by atoms with Crippen molar-refractivity contribution >= 4 is 17.8 Å². The molecule has 0 saturated carbocycles. The molecule has 0 aromatic carbocycles. The Morgan fingerprint density at radius 3 is 2.18 bits per heavy atom. The molecule has 1 unspecified atom stereocenters. The number of hydrogen-bond donors (Lipinski definition) is 0. The van der Waals surface area contributed by atoms with Crippen LogP contribution in [0.5, 0.6) is 0 Å². The lowest BCUT2D eigenvalue weighted by atomic mass is 10.2. The van der Waals surface area contributed by atoms with Gasteiger partial charge in [-0.2, -0.15) is 0 Å². The largest absolute Gasteiger partial charge is 0.510 e. The smallest absolute Gasteiger partial charge is 0.429 e. The SMILES string of the molecule is CC(Cl)OC(=O)OC(C)(C)C. The van der Waals surface area contributed by atoms with Crippen molar-refractivity contribution in [2.45, 2.75) is 38.9 Å². The maximum atomic E-state index is 10.7. The summed E-state index contributed by atoms with van der Waals surface area (Å²) in [5.74, 6) is 0. The van der Waals surface area contributed by atoms with Gasteiger partial charge in [-0.05, 0) is 27.7 Å². The first-order valence-electron chi connectivity index (χ1n) is 3.35. The maximum Gasteiger partial charge on any atom is 0.510 e. The minimum atomic E-state index is -0.736. The van der Waals surface area contributed by atoms with Crippen LogP contribution in [-0.2, 0) is 9.47 Å². The first-order valence-corrected chi connectivity index (χ1v) is 3.78. The Morgan fingerprint density at radius 2 is 1.91 bits per heavy atom. The fraction of sp³-hybridized carbons (Fsp3) is 0.857. The summed E-state index contributed by atoms with van der Waals surface area (Å²) in [5.41, 5.74) is -1.17. The zero-order valence-corrected chi connectivity index (χ0v) is 7.94. The van der Waals surface area contributed by atoms with Crippen LogP contribution in [0.4, 0.5) is 4.79 Å². The average molecular weight is 181 g/mol. The Bertz CT molecular complexity index is 137. The van der Waals surface area contributed by atoms with Gasteiger partial charge in [-0.3, -0.25) is 0 Å². The fourth-order valence-corrected chi connectivity index (χ4v) is 0.479. The van der Waals surface area contributed by atoms with E-state index in [1.54, 1.807) is 27.7 Å². The predicted molar refractivity (Wildman–Crippen MR) is 42.6 cm³/mol. The normalized spacial score (nSPS) is 13.9. The van der Waals surface area contributed by atoms with Crippen LogP contribution in [0.25, 0.3) is 0 Å². The first kappa shape index (κ1) is 10.6. The van der Waals surface area contributed by atoms with E-state index in [-0.39, 0.29) is 0 Å². The molecule has 3 nitrogen and oxygen atoms in total. The number of halogens is 1. The van der Waals surface area contributed by atoms with Crippen molar-refractivity contribution in [1.29, 1.82) is 0 Å². The topological polar surface area (TPSA) is 35.5 Å². The van der Waals surface area contributed by atoms with Crippen molar-refractivity contribution in [3.8, 4) is 0 Å². The highest BCUT2D eigenvalue weighted by atomic mass is 35.5. The molecule has 0 heterocycles. The Kier molecular flexibility index (Phi) is 3.66. The summed E-state index contributed by atoms with van der Waals surface area (Å²) in [4.78, 5) is 10.7. The highest BCUT2D eigenvalue weighted by molar-refractivity contribution is 6.19. The van der Waals surface area contributed by atoms with Crippen LogP contribution in [0.2, 0.25) is 0 Å². The van der Waals surface area contributed by atoms with Crippen molar-refractivity contribution in [2.75, 3.05) is 0 Å². The summed E-state index contributed by atoms with van der Waals surface area (Å²) < 4.78 is 9.33. The second kappa shape index (κ2) is 3.81. The molecule has 0 aliphatic carbocycles. The molecule has 0 fully saturated rings. The molecule has 1 atom stereocenters. The highest BCUT2D eigenvalue weighted by Crippen LogP contribution is 2.09. The molecule has 0 aromatic rings. The maximum absolute atomic E-state index is 10.7. The molecule has 0 aliphatic rings. The van der Waals surface area contributed by atoms with E-state index in [4.69, 9.17) is 16.3 Å². The van der Waals surface area contributed by atoms with E-state index < -0.39 is 17.3 Å². The molecule has 0 aromatic heterocycles.